The van der Waals surface area contributed by atoms with Gasteiger partial charge >= 0.3 is 5.97 Å². The number of hydrogen-bond acceptors (Lipinski definition) is 8. The van der Waals surface area contributed by atoms with Crippen LogP contribution >= 0.6 is 0 Å². The highest BCUT2D eigenvalue weighted by Crippen LogP contribution is 2.58. The second-order valence-electron chi connectivity index (χ2n) is 17.2. The van der Waals surface area contributed by atoms with E-state index in [1.54, 1.807) is 14.2 Å². The third kappa shape index (κ3) is 8.75. The van der Waals surface area contributed by atoms with E-state index < -0.39 is 5.54 Å². The quantitative estimate of drug-likeness (QED) is 0.0949. The third-order valence-electron chi connectivity index (χ3n) is 12.4. The number of nitrogens with zero attached hydrogens (tertiary/aromatic N) is 3. The Balaban J connectivity index is 1.35. The number of esters is 1. The minimum absolute atomic E-state index is 0.0575. The number of nitrogens with one attached hydrogen (secondary N) is 2. The average Bonchev–Trinajstić information content (AvgIpc) is 3.61. The highest BCUT2D eigenvalue weighted by Gasteiger charge is 2.62. The lowest BCUT2D eigenvalue weighted by molar-refractivity contribution is -0.171. The zero-order valence-corrected chi connectivity index (χ0v) is 34.6. The number of amides is 1. The van der Waals surface area contributed by atoms with Crippen LogP contribution in [0.4, 0.5) is 0 Å². The van der Waals surface area contributed by atoms with E-state index in [1.807, 2.05) is 49.8 Å². The molecule has 2 aromatic carbocycles. The first-order chi connectivity index (χ1) is 26.5. The molecule has 4 saturated carbocycles. The van der Waals surface area contributed by atoms with Gasteiger partial charge in [-0.1, -0.05) is 45.9 Å². The van der Waals surface area contributed by atoms with E-state index in [9.17, 15) is 9.59 Å². The Kier molecular flexibility index (Phi) is 13.3. The average molecular weight is 756 g/mol. The zero-order valence-electron chi connectivity index (χ0n) is 34.6. The van der Waals surface area contributed by atoms with Gasteiger partial charge in [-0.15, -0.1) is 0 Å². The van der Waals surface area contributed by atoms with Crippen molar-refractivity contribution in [1.82, 2.24) is 25.3 Å². The summed E-state index contributed by atoms with van der Waals surface area (Å²) in [4.78, 5) is 31.4. The standard InChI is InChI=1S/C45H65N5O5/c1-29(2)28-55-44(52)45(34-22-32-21-33(24-34)25-35(45)23-32)47-43(51)37-27-39(42-40(53-7)14-11-15-41(42)54-8)50(48-37)38-17-16-31(26-36(38)30(3)4)13-9-10-19-49(6)20-12-18-46-5/h11,14-17,26-27,29-30,32-35,46H,9-10,12-13,18-25,28H2,1-8H3,(H,47,51). The van der Waals surface area contributed by atoms with Crippen molar-refractivity contribution in [2.24, 2.45) is 29.6 Å². The molecule has 55 heavy (non-hydrogen) atoms. The van der Waals surface area contributed by atoms with Gasteiger partial charge in [-0.25, -0.2) is 9.48 Å². The number of aromatic nitrogens is 2. The molecule has 7 rings (SSSR count). The molecule has 1 amide bonds. The Bertz CT molecular complexity index is 1730. The van der Waals surface area contributed by atoms with Gasteiger partial charge in [0.05, 0.1) is 37.8 Å². The molecule has 0 radical (unpaired) electrons. The predicted molar refractivity (Wildman–Crippen MR) is 218 cm³/mol. The first-order valence-corrected chi connectivity index (χ1v) is 20.8. The van der Waals surface area contributed by atoms with Crippen LogP contribution in [0.25, 0.3) is 16.9 Å². The number of rotatable bonds is 19. The van der Waals surface area contributed by atoms with Crippen molar-refractivity contribution in [2.75, 3.05) is 54.6 Å². The maximum absolute atomic E-state index is 14.7. The molecule has 1 aromatic heterocycles. The normalized spacial score (nSPS) is 22.8. The van der Waals surface area contributed by atoms with Gasteiger partial charge in [-0.3, -0.25) is 4.79 Å². The Hall–Kier alpha value is -3.89. The number of benzene rings is 2. The maximum atomic E-state index is 14.7. The minimum Gasteiger partial charge on any atom is -0.496 e. The third-order valence-corrected chi connectivity index (χ3v) is 12.4. The van der Waals surface area contributed by atoms with Gasteiger partial charge in [0.25, 0.3) is 5.91 Å². The molecule has 0 unspecified atom stereocenters. The van der Waals surface area contributed by atoms with Crippen LogP contribution in [0.3, 0.4) is 0 Å². The zero-order chi connectivity index (χ0) is 39.3. The van der Waals surface area contributed by atoms with Crippen molar-refractivity contribution >= 4 is 11.9 Å². The van der Waals surface area contributed by atoms with Crippen LogP contribution in [0, 0.1) is 29.6 Å². The summed E-state index contributed by atoms with van der Waals surface area (Å²) in [6.07, 6.45) is 9.40. The second-order valence-corrected chi connectivity index (χ2v) is 17.2. The summed E-state index contributed by atoms with van der Waals surface area (Å²) >= 11 is 0. The molecule has 10 nitrogen and oxygen atoms in total. The largest absolute Gasteiger partial charge is 0.496 e. The predicted octanol–water partition coefficient (Wildman–Crippen LogP) is 7.67. The molecule has 4 aliphatic rings. The summed E-state index contributed by atoms with van der Waals surface area (Å²) in [5.41, 5.74) is 3.89. The molecule has 4 fully saturated rings. The van der Waals surface area contributed by atoms with Crippen LogP contribution in [-0.2, 0) is 16.0 Å². The van der Waals surface area contributed by atoms with Crippen molar-refractivity contribution in [3.63, 3.8) is 0 Å². The molecule has 4 bridgehead atoms. The van der Waals surface area contributed by atoms with Gasteiger partial charge in [0.15, 0.2) is 5.69 Å². The Morgan fingerprint density at radius 3 is 2.16 bits per heavy atom. The molecular formula is C45H65N5O5. The number of ether oxygens (including phenoxy) is 3. The molecule has 0 atom stereocenters. The lowest BCUT2D eigenvalue weighted by Crippen LogP contribution is -2.70. The molecule has 300 valence electrons. The molecule has 2 N–H and O–H groups in total. The summed E-state index contributed by atoms with van der Waals surface area (Å²) in [5, 5.41) is 11.7. The molecule has 4 aliphatic carbocycles. The molecule has 0 saturated heterocycles. The molecule has 1 heterocycles. The van der Waals surface area contributed by atoms with E-state index in [1.165, 1.54) is 12.0 Å². The van der Waals surface area contributed by atoms with Crippen LogP contribution in [0.1, 0.15) is 107 Å². The van der Waals surface area contributed by atoms with Gasteiger partial charge in [0, 0.05) is 0 Å². The number of methoxy groups -OCH3 is 2. The van der Waals surface area contributed by atoms with Crippen molar-refractivity contribution < 1.29 is 23.8 Å². The number of unbranched alkanes of at least 4 members (excludes halogenated alkanes) is 1. The summed E-state index contributed by atoms with van der Waals surface area (Å²) in [6, 6.07) is 14.1. The monoisotopic (exact) mass is 755 g/mol. The van der Waals surface area contributed by atoms with E-state index >= 15 is 0 Å². The van der Waals surface area contributed by atoms with Gasteiger partial charge in [-0.05, 0) is 162 Å². The summed E-state index contributed by atoms with van der Waals surface area (Å²) in [6.45, 7) is 12.0. The van der Waals surface area contributed by atoms with Crippen molar-refractivity contribution in [3.8, 4) is 28.4 Å². The Morgan fingerprint density at radius 1 is 0.909 bits per heavy atom. The molecule has 0 spiro atoms. The van der Waals surface area contributed by atoms with E-state index in [-0.39, 0.29) is 41.2 Å². The van der Waals surface area contributed by atoms with Crippen LogP contribution < -0.4 is 20.1 Å². The fourth-order valence-electron chi connectivity index (χ4n) is 9.85. The van der Waals surface area contributed by atoms with Crippen molar-refractivity contribution in [3.05, 3.63) is 59.3 Å². The second kappa shape index (κ2) is 17.9. The smallest absolute Gasteiger partial charge is 0.332 e. The van der Waals surface area contributed by atoms with Gasteiger partial charge < -0.3 is 29.7 Å². The van der Waals surface area contributed by atoms with Crippen LogP contribution in [0.15, 0.2) is 42.5 Å². The van der Waals surface area contributed by atoms with Crippen molar-refractivity contribution in [1.29, 1.82) is 0 Å². The highest BCUT2D eigenvalue weighted by molar-refractivity contribution is 5.98. The van der Waals surface area contributed by atoms with Gasteiger partial charge in [0.1, 0.15) is 17.0 Å². The maximum Gasteiger partial charge on any atom is 0.332 e. The topological polar surface area (TPSA) is 107 Å². The summed E-state index contributed by atoms with van der Waals surface area (Å²) in [7, 11) is 7.48. The molecule has 10 heteroatoms. The first-order valence-electron chi connectivity index (χ1n) is 20.8. The number of carbonyl (C=O) groups excluding carboxylic acids is 2. The van der Waals surface area contributed by atoms with E-state index in [0.29, 0.717) is 41.2 Å². The molecule has 3 aromatic rings. The van der Waals surface area contributed by atoms with E-state index in [4.69, 9.17) is 19.3 Å². The molecule has 0 aliphatic heterocycles. The van der Waals surface area contributed by atoms with Gasteiger partial charge in [-0.2, -0.15) is 5.10 Å². The lowest BCUT2D eigenvalue weighted by Gasteiger charge is -2.59. The molecular weight excluding hydrogens is 691 g/mol. The van der Waals surface area contributed by atoms with E-state index in [2.05, 4.69) is 54.6 Å². The van der Waals surface area contributed by atoms with Crippen LogP contribution in [-0.4, -0.2) is 86.7 Å². The van der Waals surface area contributed by atoms with E-state index in [0.717, 1.165) is 82.3 Å². The first kappa shape index (κ1) is 40.8. The number of hydrogen-bond donors (Lipinski definition) is 2. The SMILES string of the molecule is CNCCCN(C)CCCCc1ccc(-n2nc(C(=O)NC3(C(=O)OCC(C)C)C4CC5CC(C4)CC3C5)cc2-c2c(OC)cccc2OC)c(C(C)C)c1. The Labute approximate surface area is 329 Å². The fourth-order valence-corrected chi connectivity index (χ4v) is 9.85. The van der Waals surface area contributed by atoms with Crippen LogP contribution in [0.5, 0.6) is 11.5 Å². The van der Waals surface area contributed by atoms with Crippen molar-refractivity contribution in [2.45, 2.75) is 96.9 Å². The Morgan fingerprint density at radius 2 is 1.56 bits per heavy atom. The lowest BCUT2D eigenvalue weighted by atomic mass is 9.48. The number of aryl methyl sites for hydroxylation is 1. The summed E-state index contributed by atoms with van der Waals surface area (Å²) < 4.78 is 19.6. The fraction of sp³-hybridized carbons (Fsp3) is 0.622. The van der Waals surface area contributed by atoms with Gasteiger partial charge in [0.2, 0.25) is 0 Å². The number of carbonyl (C=O) groups is 2. The minimum atomic E-state index is -1.06. The van der Waals surface area contributed by atoms with Crippen LogP contribution in [0.2, 0.25) is 0 Å². The summed E-state index contributed by atoms with van der Waals surface area (Å²) in [5.74, 6) is 2.31. The highest BCUT2D eigenvalue weighted by atomic mass is 16.5.